The highest BCUT2D eigenvalue weighted by Crippen LogP contribution is 2.05. The van der Waals surface area contributed by atoms with Crippen LogP contribution in [0.25, 0.3) is 0 Å². The van der Waals surface area contributed by atoms with Crippen LogP contribution in [-0.2, 0) is 14.4 Å². The first-order valence-corrected chi connectivity index (χ1v) is 9.42. The first-order chi connectivity index (χ1) is 13.1. The Morgan fingerprint density at radius 3 is 2.00 bits per heavy atom. The van der Waals surface area contributed by atoms with E-state index in [1.807, 2.05) is 0 Å². The number of carbonyl (C=O) groups excluding carboxylic acids is 3. The van der Waals surface area contributed by atoms with Crippen molar-refractivity contribution in [3.8, 4) is 0 Å². The van der Waals surface area contributed by atoms with Gasteiger partial charge in [0.15, 0.2) is 0 Å². The fourth-order valence-electron chi connectivity index (χ4n) is 2.38. The summed E-state index contributed by atoms with van der Waals surface area (Å²) in [7, 11) is 0. The van der Waals surface area contributed by atoms with Gasteiger partial charge in [-0.25, -0.2) is 9.59 Å². The third-order valence-electron chi connectivity index (χ3n) is 4.18. The van der Waals surface area contributed by atoms with Gasteiger partial charge in [-0.2, -0.15) is 0 Å². The van der Waals surface area contributed by atoms with Crippen LogP contribution in [0.4, 0.5) is 4.79 Å². The summed E-state index contributed by atoms with van der Waals surface area (Å²) in [5, 5.41) is 16.7. The summed E-state index contributed by atoms with van der Waals surface area (Å²) >= 11 is 0. The molecule has 0 aliphatic carbocycles. The monoisotopic (exact) mass is 402 g/mol. The number of nitrogens with two attached hydrogens (primary N) is 3. The molecule has 10 N–H and O–H groups in total. The highest BCUT2D eigenvalue weighted by molar-refractivity contribution is 5.91. The van der Waals surface area contributed by atoms with Crippen molar-refractivity contribution in [2.24, 2.45) is 23.1 Å². The highest BCUT2D eigenvalue weighted by atomic mass is 16.4. The van der Waals surface area contributed by atoms with Crippen LogP contribution in [0.3, 0.4) is 0 Å². The molecule has 0 fully saturated rings. The predicted molar refractivity (Wildman–Crippen MR) is 104 cm³/mol. The molecule has 0 aromatic heterocycles. The average Bonchev–Trinajstić information content (AvgIpc) is 2.61. The van der Waals surface area contributed by atoms with Crippen molar-refractivity contribution in [1.82, 2.24) is 16.0 Å². The van der Waals surface area contributed by atoms with E-state index in [4.69, 9.17) is 17.2 Å². The molecule has 28 heavy (non-hydrogen) atoms. The molecule has 0 aliphatic rings. The van der Waals surface area contributed by atoms with E-state index >= 15 is 0 Å². The second-order valence-electron chi connectivity index (χ2n) is 6.95. The summed E-state index contributed by atoms with van der Waals surface area (Å²) in [6, 6.07) is -3.57. The quantitative estimate of drug-likeness (QED) is 0.173. The fourth-order valence-corrected chi connectivity index (χ4v) is 2.38. The van der Waals surface area contributed by atoms with Crippen LogP contribution in [0, 0.1) is 5.92 Å². The van der Waals surface area contributed by atoms with Gasteiger partial charge in [0.25, 0.3) is 0 Å². The van der Waals surface area contributed by atoms with Crippen LogP contribution in [0.15, 0.2) is 0 Å². The number of nitrogens with one attached hydrogen (secondary N) is 3. The van der Waals surface area contributed by atoms with Crippen molar-refractivity contribution in [3.05, 3.63) is 0 Å². The molecule has 4 amide bonds. The Bertz CT molecular complexity index is 528. The van der Waals surface area contributed by atoms with E-state index in [0.717, 1.165) is 0 Å². The molecule has 0 rings (SSSR count). The third-order valence-corrected chi connectivity index (χ3v) is 4.18. The Hall–Kier alpha value is -2.40. The van der Waals surface area contributed by atoms with Crippen LogP contribution in [0.1, 0.15) is 46.0 Å². The van der Waals surface area contributed by atoms with Crippen molar-refractivity contribution in [2.75, 3.05) is 13.1 Å². The summed E-state index contributed by atoms with van der Waals surface area (Å²) in [6.07, 6.45) is 1.95. The van der Waals surface area contributed by atoms with Crippen molar-refractivity contribution < 1.29 is 24.3 Å². The molecule has 0 heterocycles. The maximum Gasteiger partial charge on any atom is 0.326 e. The SMILES string of the molecule is CC(C)[C@H](N)C(=O)N[C@@H](CCCNC(N)=O)C(=O)N[C@@H](CCCCN)C(=O)O. The minimum absolute atomic E-state index is 0.136. The lowest BCUT2D eigenvalue weighted by atomic mass is 10.0. The van der Waals surface area contributed by atoms with Crippen LogP contribution in [0.2, 0.25) is 0 Å². The standard InChI is InChI=1S/C17H34N6O5/c1-10(2)13(19)15(25)22-11(7-5-9-21-17(20)28)14(24)23-12(16(26)27)6-3-4-8-18/h10-13H,3-9,18-19H2,1-2H3,(H,22,25)(H,23,24)(H,26,27)(H3,20,21,28)/t11-,12-,13-/m0/s1. The maximum atomic E-state index is 12.6. The molecular weight excluding hydrogens is 368 g/mol. The number of hydrogen-bond donors (Lipinski definition) is 7. The Labute approximate surface area is 165 Å². The molecule has 0 aliphatic heterocycles. The summed E-state index contributed by atoms with van der Waals surface area (Å²) in [5.74, 6) is -2.43. The fraction of sp³-hybridized carbons (Fsp3) is 0.765. The van der Waals surface area contributed by atoms with Gasteiger partial charge >= 0.3 is 12.0 Å². The zero-order valence-electron chi connectivity index (χ0n) is 16.6. The molecule has 0 aromatic rings. The highest BCUT2D eigenvalue weighted by Gasteiger charge is 2.28. The van der Waals surface area contributed by atoms with Crippen molar-refractivity contribution in [3.63, 3.8) is 0 Å². The van der Waals surface area contributed by atoms with Crippen LogP contribution in [0.5, 0.6) is 0 Å². The summed E-state index contributed by atoms with van der Waals surface area (Å²) < 4.78 is 0. The number of carboxylic acids is 1. The van der Waals surface area contributed by atoms with Gasteiger partial charge in [-0.15, -0.1) is 0 Å². The number of primary amides is 1. The molecule has 0 unspecified atom stereocenters. The van der Waals surface area contributed by atoms with Gasteiger partial charge in [-0.3, -0.25) is 9.59 Å². The number of amides is 4. The molecule has 0 radical (unpaired) electrons. The molecule has 0 saturated heterocycles. The molecule has 162 valence electrons. The third kappa shape index (κ3) is 10.7. The van der Waals surface area contributed by atoms with Gasteiger partial charge in [-0.1, -0.05) is 13.8 Å². The number of carbonyl (C=O) groups is 4. The van der Waals surface area contributed by atoms with Gasteiger partial charge in [-0.05, 0) is 44.6 Å². The van der Waals surface area contributed by atoms with Gasteiger partial charge in [0.05, 0.1) is 6.04 Å². The average molecular weight is 402 g/mol. The topological polar surface area (TPSA) is 203 Å². The van der Waals surface area contributed by atoms with Gasteiger partial charge in [0, 0.05) is 6.54 Å². The van der Waals surface area contributed by atoms with Crippen LogP contribution in [-0.4, -0.2) is 60.1 Å². The lowest BCUT2D eigenvalue weighted by Crippen LogP contribution is -2.55. The summed E-state index contributed by atoms with van der Waals surface area (Å²) in [4.78, 5) is 46.9. The second-order valence-corrected chi connectivity index (χ2v) is 6.95. The lowest BCUT2D eigenvalue weighted by molar-refractivity contribution is -0.142. The Kier molecular flexibility index (Phi) is 12.5. The van der Waals surface area contributed by atoms with Crippen molar-refractivity contribution >= 4 is 23.8 Å². The van der Waals surface area contributed by atoms with E-state index in [-0.39, 0.29) is 25.3 Å². The first-order valence-electron chi connectivity index (χ1n) is 9.42. The molecule has 11 nitrogen and oxygen atoms in total. The maximum absolute atomic E-state index is 12.6. The van der Waals surface area contributed by atoms with E-state index in [1.54, 1.807) is 13.8 Å². The zero-order chi connectivity index (χ0) is 21.7. The van der Waals surface area contributed by atoms with Gasteiger partial charge in [0.1, 0.15) is 12.1 Å². The van der Waals surface area contributed by atoms with E-state index in [2.05, 4.69) is 16.0 Å². The molecular formula is C17H34N6O5. The smallest absolute Gasteiger partial charge is 0.326 e. The molecule has 3 atom stereocenters. The number of aliphatic carboxylic acids is 1. The first kappa shape index (κ1) is 25.6. The molecule has 0 bridgehead atoms. The molecule has 0 aromatic carbocycles. The van der Waals surface area contributed by atoms with Gasteiger partial charge in [0.2, 0.25) is 11.8 Å². The zero-order valence-corrected chi connectivity index (χ0v) is 16.6. The Morgan fingerprint density at radius 2 is 1.50 bits per heavy atom. The molecule has 0 saturated carbocycles. The Morgan fingerprint density at radius 1 is 0.929 bits per heavy atom. The molecule has 11 heteroatoms. The number of carboxylic acid groups (broad SMARTS) is 1. The minimum atomic E-state index is -1.16. The number of hydrogen-bond acceptors (Lipinski definition) is 6. The predicted octanol–water partition coefficient (Wildman–Crippen LogP) is -1.40. The normalized spacial score (nSPS) is 14.0. The van der Waals surface area contributed by atoms with Gasteiger partial charge < -0.3 is 38.3 Å². The number of urea groups is 1. The largest absolute Gasteiger partial charge is 0.480 e. The van der Waals surface area contributed by atoms with E-state index in [9.17, 15) is 24.3 Å². The lowest BCUT2D eigenvalue weighted by Gasteiger charge is -2.24. The van der Waals surface area contributed by atoms with E-state index in [1.165, 1.54) is 0 Å². The Balaban J connectivity index is 5.01. The molecule has 0 spiro atoms. The van der Waals surface area contributed by atoms with E-state index < -0.39 is 41.9 Å². The second kappa shape index (κ2) is 13.7. The number of unbranched alkanes of at least 4 members (excludes halogenated alkanes) is 1. The van der Waals surface area contributed by atoms with E-state index in [0.29, 0.717) is 25.8 Å². The van der Waals surface area contributed by atoms with Crippen LogP contribution >= 0.6 is 0 Å². The summed E-state index contributed by atoms with van der Waals surface area (Å²) in [6.45, 7) is 4.19. The number of rotatable bonds is 14. The van der Waals surface area contributed by atoms with Crippen molar-refractivity contribution in [2.45, 2.75) is 64.1 Å². The van der Waals surface area contributed by atoms with Crippen LogP contribution < -0.4 is 33.2 Å². The summed E-state index contributed by atoms with van der Waals surface area (Å²) in [5.41, 5.74) is 16.2. The van der Waals surface area contributed by atoms with Crippen molar-refractivity contribution in [1.29, 1.82) is 0 Å². The minimum Gasteiger partial charge on any atom is -0.480 e.